The highest BCUT2D eigenvalue weighted by Gasteiger charge is 2.38. The van der Waals surface area contributed by atoms with E-state index in [2.05, 4.69) is 5.32 Å². The molecule has 0 radical (unpaired) electrons. The van der Waals surface area contributed by atoms with E-state index in [-0.39, 0.29) is 18.7 Å². The summed E-state index contributed by atoms with van der Waals surface area (Å²) in [6.07, 6.45) is 1.27. The minimum atomic E-state index is -1.20. The lowest BCUT2D eigenvalue weighted by atomic mass is 10.0. The van der Waals surface area contributed by atoms with Crippen molar-refractivity contribution in [3.63, 3.8) is 0 Å². The van der Waals surface area contributed by atoms with Crippen LogP contribution in [0.15, 0.2) is 0 Å². The summed E-state index contributed by atoms with van der Waals surface area (Å²) >= 11 is 1.51. The predicted molar refractivity (Wildman–Crippen MR) is 66.5 cm³/mol. The number of aliphatic carboxylic acids is 2. The second-order valence-electron chi connectivity index (χ2n) is 4.48. The van der Waals surface area contributed by atoms with E-state index in [4.69, 9.17) is 10.2 Å². The molecule has 3 N–H and O–H groups in total. The number of rotatable bonds is 6. The van der Waals surface area contributed by atoms with Crippen molar-refractivity contribution in [2.75, 3.05) is 5.75 Å². The maximum absolute atomic E-state index is 12.0. The molecule has 0 bridgehead atoms. The number of amides is 1. The summed E-state index contributed by atoms with van der Waals surface area (Å²) in [5, 5.41) is 19.9. The van der Waals surface area contributed by atoms with Crippen molar-refractivity contribution in [2.45, 2.75) is 43.4 Å². The molecular weight excluding hydrogens is 258 g/mol. The first-order valence-corrected chi connectivity index (χ1v) is 6.73. The minimum absolute atomic E-state index is 0.100. The van der Waals surface area contributed by atoms with Crippen LogP contribution in [0.25, 0.3) is 0 Å². The highest BCUT2D eigenvalue weighted by Crippen LogP contribution is 2.37. The van der Waals surface area contributed by atoms with E-state index in [1.165, 1.54) is 11.8 Å². The average Bonchev–Trinajstić information content (AvgIpc) is 2.71. The topological polar surface area (TPSA) is 104 Å². The predicted octanol–water partition coefficient (Wildman–Crippen LogP) is 0.706. The lowest BCUT2D eigenvalue weighted by molar-refractivity contribution is -0.143. The molecule has 1 saturated heterocycles. The van der Waals surface area contributed by atoms with E-state index in [0.717, 1.165) is 18.6 Å². The Balaban J connectivity index is 2.57. The average molecular weight is 275 g/mol. The molecule has 0 saturated carbocycles. The molecule has 102 valence electrons. The van der Waals surface area contributed by atoms with Crippen LogP contribution in [0.2, 0.25) is 0 Å². The Morgan fingerprint density at radius 2 is 2.06 bits per heavy atom. The molecular formula is C11H17NO5S. The van der Waals surface area contributed by atoms with Gasteiger partial charge >= 0.3 is 11.9 Å². The van der Waals surface area contributed by atoms with E-state index >= 15 is 0 Å². The van der Waals surface area contributed by atoms with Crippen LogP contribution in [0.4, 0.5) is 0 Å². The van der Waals surface area contributed by atoms with Gasteiger partial charge in [-0.1, -0.05) is 0 Å². The van der Waals surface area contributed by atoms with Crippen molar-refractivity contribution in [3.05, 3.63) is 0 Å². The van der Waals surface area contributed by atoms with Gasteiger partial charge in [0.1, 0.15) is 6.04 Å². The van der Waals surface area contributed by atoms with E-state index < -0.39 is 22.7 Å². The Morgan fingerprint density at radius 1 is 1.39 bits per heavy atom. The third kappa shape index (κ3) is 3.90. The lowest BCUT2D eigenvalue weighted by Gasteiger charge is -2.24. The third-order valence-corrected chi connectivity index (χ3v) is 4.47. The van der Waals surface area contributed by atoms with Crippen LogP contribution >= 0.6 is 11.8 Å². The Bertz CT molecular complexity index is 351. The molecule has 1 aliphatic rings. The van der Waals surface area contributed by atoms with Gasteiger partial charge in [-0.2, -0.15) is 0 Å². The summed E-state index contributed by atoms with van der Waals surface area (Å²) in [6, 6.07) is -1.13. The molecule has 1 rings (SSSR count). The fourth-order valence-corrected chi connectivity index (χ4v) is 3.01. The fraction of sp³-hybridized carbons (Fsp3) is 0.727. The number of hydrogen-bond acceptors (Lipinski definition) is 4. The summed E-state index contributed by atoms with van der Waals surface area (Å²) in [7, 11) is 0. The van der Waals surface area contributed by atoms with Gasteiger partial charge in [0.2, 0.25) is 5.91 Å². The standard InChI is InChI=1S/C11H17NO5S/c1-11(5-2-6-18-11)10(17)12-7(9(15)16)3-4-8(13)14/h7H,2-6H2,1H3,(H,12,17)(H,13,14)(H,15,16). The van der Waals surface area contributed by atoms with Gasteiger partial charge in [-0.05, 0) is 31.9 Å². The molecule has 0 aliphatic carbocycles. The first kappa shape index (κ1) is 14.8. The molecule has 0 spiro atoms. The number of carbonyl (C=O) groups excluding carboxylic acids is 1. The molecule has 0 aromatic rings. The summed E-state index contributed by atoms with van der Waals surface area (Å²) in [5.41, 5.74) is 0. The van der Waals surface area contributed by atoms with E-state index in [0.29, 0.717) is 0 Å². The highest BCUT2D eigenvalue weighted by atomic mass is 32.2. The largest absolute Gasteiger partial charge is 0.481 e. The van der Waals surface area contributed by atoms with Gasteiger partial charge < -0.3 is 15.5 Å². The number of hydrogen-bond donors (Lipinski definition) is 3. The molecule has 2 unspecified atom stereocenters. The summed E-state index contributed by atoms with van der Waals surface area (Å²) in [5.74, 6) is -1.70. The summed E-state index contributed by atoms with van der Waals surface area (Å²) < 4.78 is -0.586. The van der Waals surface area contributed by atoms with Gasteiger partial charge in [0.25, 0.3) is 0 Å². The molecule has 1 aliphatic heterocycles. The number of thioether (sulfide) groups is 1. The van der Waals surface area contributed by atoms with Crippen LogP contribution < -0.4 is 5.32 Å². The number of carboxylic acid groups (broad SMARTS) is 2. The van der Waals surface area contributed by atoms with Crippen molar-refractivity contribution in [2.24, 2.45) is 0 Å². The van der Waals surface area contributed by atoms with Gasteiger partial charge in [0, 0.05) is 6.42 Å². The molecule has 2 atom stereocenters. The van der Waals surface area contributed by atoms with E-state index in [1.54, 1.807) is 6.92 Å². The Morgan fingerprint density at radius 3 is 2.50 bits per heavy atom. The fourth-order valence-electron chi connectivity index (χ4n) is 1.79. The molecule has 7 heteroatoms. The van der Waals surface area contributed by atoms with Crippen molar-refractivity contribution < 1.29 is 24.6 Å². The van der Waals surface area contributed by atoms with E-state index in [9.17, 15) is 14.4 Å². The summed E-state index contributed by atoms with van der Waals surface area (Å²) in [6.45, 7) is 1.79. The minimum Gasteiger partial charge on any atom is -0.481 e. The monoisotopic (exact) mass is 275 g/mol. The molecule has 18 heavy (non-hydrogen) atoms. The second-order valence-corrected chi connectivity index (χ2v) is 6.08. The van der Waals surface area contributed by atoms with Gasteiger partial charge in [-0.15, -0.1) is 11.8 Å². The van der Waals surface area contributed by atoms with Crippen LogP contribution in [-0.4, -0.2) is 44.6 Å². The third-order valence-electron chi connectivity index (χ3n) is 2.95. The Labute approximate surface area is 109 Å². The van der Waals surface area contributed by atoms with Crippen LogP contribution in [0.5, 0.6) is 0 Å². The van der Waals surface area contributed by atoms with Crippen LogP contribution in [0.3, 0.4) is 0 Å². The summed E-state index contributed by atoms with van der Waals surface area (Å²) in [4.78, 5) is 33.4. The lowest BCUT2D eigenvalue weighted by Crippen LogP contribution is -2.48. The van der Waals surface area contributed by atoms with E-state index in [1.807, 2.05) is 0 Å². The smallest absolute Gasteiger partial charge is 0.326 e. The zero-order valence-corrected chi connectivity index (χ0v) is 11.0. The number of nitrogens with one attached hydrogen (secondary N) is 1. The van der Waals surface area contributed by atoms with Crippen LogP contribution in [0, 0.1) is 0 Å². The van der Waals surface area contributed by atoms with Gasteiger partial charge in [-0.25, -0.2) is 4.79 Å². The first-order chi connectivity index (χ1) is 8.35. The molecule has 1 fully saturated rings. The molecule has 0 aromatic carbocycles. The second kappa shape index (κ2) is 6.08. The maximum atomic E-state index is 12.0. The SMILES string of the molecule is CC1(C(=O)NC(CCC(=O)O)C(=O)O)CCCS1. The van der Waals surface area contributed by atoms with Crippen LogP contribution in [0.1, 0.15) is 32.6 Å². The van der Waals surface area contributed by atoms with Gasteiger partial charge in [0.05, 0.1) is 4.75 Å². The zero-order valence-electron chi connectivity index (χ0n) is 10.1. The van der Waals surface area contributed by atoms with Crippen molar-refractivity contribution in [3.8, 4) is 0 Å². The zero-order chi connectivity index (χ0) is 13.8. The van der Waals surface area contributed by atoms with Crippen molar-refractivity contribution in [1.29, 1.82) is 0 Å². The molecule has 0 aromatic heterocycles. The van der Waals surface area contributed by atoms with Crippen LogP contribution in [-0.2, 0) is 14.4 Å². The molecule has 1 amide bonds. The Hall–Kier alpha value is -1.24. The Kier molecular flexibility index (Phi) is 5.01. The number of carbonyl (C=O) groups is 3. The maximum Gasteiger partial charge on any atom is 0.326 e. The van der Waals surface area contributed by atoms with Gasteiger partial charge in [-0.3, -0.25) is 9.59 Å². The highest BCUT2D eigenvalue weighted by molar-refractivity contribution is 8.01. The molecule has 6 nitrogen and oxygen atoms in total. The van der Waals surface area contributed by atoms with Crippen molar-refractivity contribution >= 4 is 29.6 Å². The van der Waals surface area contributed by atoms with Crippen molar-refractivity contribution in [1.82, 2.24) is 5.32 Å². The first-order valence-electron chi connectivity index (χ1n) is 5.75. The number of carboxylic acids is 2. The van der Waals surface area contributed by atoms with Gasteiger partial charge in [0.15, 0.2) is 0 Å². The normalized spacial score (nSPS) is 24.5. The molecule has 1 heterocycles. The quantitative estimate of drug-likeness (QED) is 0.659.